The molecule has 2 N–H and O–H groups in total. The van der Waals surface area contributed by atoms with Crippen LogP contribution in [0.4, 0.5) is 4.79 Å². The van der Waals surface area contributed by atoms with Crippen LogP contribution in [0.15, 0.2) is 72.9 Å². The van der Waals surface area contributed by atoms with E-state index in [2.05, 4.69) is 4.98 Å². The highest BCUT2D eigenvalue weighted by atomic mass is 16.6. The highest BCUT2D eigenvalue weighted by Crippen LogP contribution is 2.42. The highest BCUT2D eigenvalue weighted by molar-refractivity contribution is 5.70. The molecule has 202 valence electrons. The van der Waals surface area contributed by atoms with E-state index in [0.717, 1.165) is 22.3 Å². The second-order valence-corrected chi connectivity index (χ2v) is 11.4. The highest BCUT2D eigenvalue weighted by Gasteiger charge is 2.46. The van der Waals surface area contributed by atoms with Gasteiger partial charge in [-0.15, -0.1) is 0 Å². The molecule has 0 bridgehead atoms. The topological polar surface area (TPSA) is 92.1 Å². The number of benzene rings is 2. The Bertz CT molecular complexity index is 1210. The fraction of sp³-hybridized carbons (Fsp3) is 0.419. The van der Waals surface area contributed by atoms with Crippen molar-refractivity contribution in [3.05, 3.63) is 84.1 Å². The Morgan fingerprint density at radius 1 is 0.974 bits per heavy atom. The van der Waals surface area contributed by atoms with Crippen LogP contribution in [-0.4, -0.2) is 50.5 Å². The molecule has 0 saturated carbocycles. The number of cyclic esters (lactones) is 1. The molecule has 1 amide bonds. The van der Waals surface area contributed by atoms with Gasteiger partial charge in [0.2, 0.25) is 5.88 Å². The number of carbonyl (C=O) groups excluding carboxylic acids is 1. The van der Waals surface area contributed by atoms with Gasteiger partial charge >= 0.3 is 6.09 Å². The van der Waals surface area contributed by atoms with Crippen molar-refractivity contribution in [1.29, 1.82) is 0 Å². The van der Waals surface area contributed by atoms with Crippen LogP contribution in [-0.2, 0) is 10.3 Å². The van der Waals surface area contributed by atoms with E-state index in [4.69, 9.17) is 9.47 Å². The maximum absolute atomic E-state index is 13.3. The van der Waals surface area contributed by atoms with Crippen LogP contribution in [0.1, 0.15) is 64.6 Å². The van der Waals surface area contributed by atoms with E-state index in [9.17, 15) is 15.0 Å². The van der Waals surface area contributed by atoms with Gasteiger partial charge in [0.15, 0.2) is 0 Å². The number of pyridine rings is 1. The third-order valence-corrected chi connectivity index (χ3v) is 6.80. The van der Waals surface area contributed by atoms with Crippen LogP contribution in [0.25, 0.3) is 11.1 Å². The molecule has 0 aliphatic carbocycles. The Morgan fingerprint density at radius 2 is 1.63 bits per heavy atom. The molecule has 0 spiro atoms. The Labute approximate surface area is 225 Å². The molecule has 2 atom stereocenters. The van der Waals surface area contributed by atoms with Crippen molar-refractivity contribution >= 4 is 6.09 Å². The lowest BCUT2D eigenvalue weighted by Crippen LogP contribution is -2.51. The standard InChI is InChI=1S/C31H38N2O5/c1-22(23-11-13-24(14-12-23)25-15-16-27(32-19-25)37-21-30(4,5)36)33-18-17-31(38-28(33)34,20-29(2,3)35)26-9-7-6-8-10-26/h6-16,19,22,35-36H,17-18,20-21H2,1-5H3/t22-,31?/m0/s1. The summed E-state index contributed by atoms with van der Waals surface area (Å²) in [4.78, 5) is 19.4. The SMILES string of the molecule is C[C@@H](c1ccc(-c2ccc(OCC(C)(C)O)nc2)cc1)N1CCC(CC(C)(C)O)(c2ccccc2)OC1=O. The Hall–Kier alpha value is -3.42. The van der Waals surface area contributed by atoms with Gasteiger partial charge in [0, 0.05) is 37.2 Å². The maximum Gasteiger partial charge on any atom is 0.411 e. The quantitative estimate of drug-likeness (QED) is 0.369. The molecule has 1 aliphatic rings. The van der Waals surface area contributed by atoms with E-state index in [-0.39, 0.29) is 18.7 Å². The molecule has 7 heteroatoms. The molecule has 0 radical (unpaired) electrons. The van der Waals surface area contributed by atoms with Crippen molar-refractivity contribution in [2.24, 2.45) is 0 Å². The van der Waals surface area contributed by atoms with Crippen molar-refractivity contribution in [1.82, 2.24) is 9.88 Å². The summed E-state index contributed by atoms with van der Waals surface area (Å²) in [5.41, 5.74) is 1.05. The van der Waals surface area contributed by atoms with Gasteiger partial charge in [-0.25, -0.2) is 9.78 Å². The van der Waals surface area contributed by atoms with Gasteiger partial charge in [0.05, 0.1) is 17.2 Å². The summed E-state index contributed by atoms with van der Waals surface area (Å²) in [6.07, 6.45) is 2.27. The Morgan fingerprint density at radius 3 is 2.18 bits per heavy atom. The molecular weight excluding hydrogens is 480 g/mol. The second kappa shape index (κ2) is 10.8. The lowest BCUT2D eigenvalue weighted by Gasteiger charge is -2.45. The van der Waals surface area contributed by atoms with Gasteiger partial charge in [-0.3, -0.25) is 0 Å². The number of hydrogen-bond acceptors (Lipinski definition) is 6. The first-order valence-corrected chi connectivity index (χ1v) is 13.0. The summed E-state index contributed by atoms with van der Waals surface area (Å²) in [5.74, 6) is 0.459. The zero-order valence-corrected chi connectivity index (χ0v) is 22.8. The van der Waals surface area contributed by atoms with Gasteiger partial charge in [-0.1, -0.05) is 54.6 Å². The zero-order valence-electron chi connectivity index (χ0n) is 22.8. The number of amides is 1. The van der Waals surface area contributed by atoms with Crippen molar-refractivity contribution in [2.75, 3.05) is 13.2 Å². The van der Waals surface area contributed by atoms with E-state index in [1.807, 2.05) is 67.6 Å². The van der Waals surface area contributed by atoms with Gasteiger partial charge in [0.1, 0.15) is 12.2 Å². The van der Waals surface area contributed by atoms with Crippen molar-refractivity contribution in [3.8, 4) is 17.0 Å². The van der Waals surface area contributed by atoms with Gasteiger partial charge < -0.3 is 24.6 Å². The average Bonchev–Trinajstić information content (AvgIpc) is 2.87. The number of aliphatic hydroxyl groups is 2. The first kappa shape index (κ1) is 27.6. The van der Waals surface area contributed by atoms with E-state index in [1.165, 1.54) is 0 Å². The minimum atomic E-state index is -0.992. The summed E-state index contributed by atoms with van der Waals surface area (Å²) >= 11 is 0. The van der Waals surface area contributed by atoms with Crippen LogP contribution in [0.2, 0.25) is 0 Å². The predicted molar refractivity (Wildman–Crippen MR) is 147 cm³/mol. The van der Waals surface area contributed by atoms with E-state index >= 15 is 0 Å². The molecule has 2 heterocycles. The number of aromatic nitrogens is 1. The Balaban J connectivity index is 1.45. The van der Waals surface area contributed by atoms with Gasteiger partial charge in [-0.05, 0) is 57.4 Å². The molecule has 7 nitrogen and oxygen atoms in total. The third kappa shape index (κ3) is 6.71. The van der Waals surface area contributed by atoms with Crippen molar-refractivity contribution in [3.63, 3.8) is 0 Å². The molecule has 1 unspecified atom stereocenters. The number of hydrogen-bond donors (Lipinski definition) is 2. The minimum Gasteiger partial charge on any atom is -0.475 e. The Kier molecular flexibility index (Phi) is 7.81. The molecule has 2 aromatic carbocycles. The van der Waals surface area contributed by atoms with Crippen LogP contribution < -0.4 is 4.74 Å². The molecule has 1 fully saturated rings. The molecule has 1 saturated heterocycles. The van der Waals surface area contributed by atoms with Crippen LogP contribution in [0.3, 0.4) is 0 Å². The normalized spacial score (nSPS) is 19.1. The molecule has 38 heavy (non-hydrogen) atoms. The first-order chi connectivity index (χ1) is 17.9. The summed E-state index contributed by atoms with van der Waals surface area (Å²) in [5, 5.41) is 20.4. The van der Waals surface area contributed by atoms with Gasteiger partial charge in [0.25, 0.3) is 0 Å². The predicted octanol–water partition coefficient (Wildman–Crippen LogP) is 5.86. The van der Waals surface area contributed by atoms with Crippen molar-refractivity contribution in [2.45, 2.75) is 70.3 Å². The minimum absolute atomic E-state index is 0.162. The number of ether oxygens (including phenoxy) is 2. The van der Waals surface area contributed by atoms with E-state index < -0.39 is 16.8 Å². The number of rotatable bonds is 9. The molecule has 4 rings (SSSR count). The van der Waals surface area contributed by atoms with Crippen LogP contribution in [0.5, 0.6) is 5.88 Å². The fourth-order valence-corrected chi connectivity index (χ4v) is 4.91. The smallest absolute Gasteiger partial charge is 0.411 e. The summed E-state index contributed by atoms with van der Waals surface area (Å²) in [6.45, 7) is 9.53. The number of nitrogens with zero attached hydrogens (tertiary/aromatic N) is 2. The van der Waals surface area contributed by atoms with Gasteiger partial charge in [-0.2, -0.15) is 0 Å². The van der Waals surface area contributed by atoms with Crippen LogP contribution >= 0.6 is 0 Å². The lowest BCUT2D eigenvalue weighted by atomic mass is 9.80. The molecule has 1 aliphatic heterocycles. The summed E-state index contributed by atoms with van der Waals surface area (Å²) in [7, 11) is 0. The first-order valence-electron chi connectivity index (χ1n) is 13.0. The molecule has 1 aromatic heterocycles. The maximum atomic E-state index is 13.3. The number of carbonyl (C=O) groups is 1. The lowest BCUT2D eigenvalue weighted by molar-refractivity contribution is -0.101. The summed E-state index contributed by atoms with van der Waals surface area (Å²) < 4.78 is 11.7. The largest absolute Gasteiger partial charge is 0.475 e. The van der Waals surface area contributed by atoms with E-state index in [1.54, 1.807) is 44.9 Å². The van der Waals surface area contributed by atoms with Crippen molar-refractivity contribution < 1.29 is 24.5 Å². The molecule has 3 aromatic rings. The zero-order chi connectivity index (χ0) is 27.6. The monoisotopic (exact) mass is 518 g/mol. The average molecular weight is 519 g/mol. The molecular formula is C31H38N2O5. The van der Waals surface area contributed by atoms with Crippen LogP contribution in [0, 0.1) is 0 Å². The fourth-order valence-electron chi connectivity index (χ4n) is 4.91. The second-order valence-electron chi connectivity index (χ2n) is 11.4. The third-order valence-electron chi connectivity index (χ3n) is 6.80. The summed E-state index contributed by atoms with van der Waals surface area (Å²) in [6, 6.07) is 21.3. The van der Waals surface area contributed by atoms with E-state index in [0.29, 0.717) is 25.3 Å².